The zero-order chi connectivity index (χ0) is 12.4. The van der Waals surface area contributed by atoms with Crippen LogP contribution in [-0.4, -0.2) is 15.0 Å². The maximum absolute atomic E-state index is 5.94. The van der Waals surface area contributed by atoms with Crippen LogP contribution in [0.5, 0.6) is 0 Å². The van der Waals surface area contributed by atoms with Gasteiger partial charge in [-0.15, -0.1) is 0 Å². The summed E-state index contributed by atoms with van der Waals surface area (Å²) in [4.78, 5) is 13.8. The Balaban J connectivity index is 2.10. The number of benzene rings is 1. The van der Waals surface area contributed by atoms with Crippen molar-refractivity contribution in [2.45, 2.75) is 10.1 Å². The minimum atomic E-state index is 0.703. The fourth-order valence-electron chi connectivity index (χ4n) is 1.69. The predicted octanol–water partition coefficient (Wildman–Crippen LogP) is 2.76. The van der Waals surface area contributed by atoms with Crippen molar-refractivity contribution in [2.75, 3.05) is 5.73 Å². The number of hydrogen-bond acceptors (Lipinski definition) is 5. The van der Waals surface area contributed by atoms with Gasteiger partial charge in [-0.25, -0.2) is 9.97 Å². The molecule has 0 atom stereocenters. The van der Waals surface area contributed by atoms with Crippen LogP contribution >= 0.6 is 11.8 Å². The van der Waals surface area contributed by atoms with Gasteiger partial charge in [0.05, 0.1) is 5.52 Å². The highest BCUT2D eigenvalue weighted by Crippen LogP contribution is 2.32. The molecule has 0 aliphatic rings. The van der Waals surface area contributed by atoms with Crippen LogP contribution in [0.4, 0.5) is 5.69 Å². The smallest absolute Gasteiger partial charge is 0.192 e. The van der Waals surface area contributed by atoms with Gasteiger partial charge in [0.15, 0.2) is 5.16 Å². The number of anilines is 1. The molecule has 0 spiro atoms. The molecule has 0 fully saturated rings. The van der Waals surface area contributed by atoms with E-state index >= 15 is 0 Å². The molecule has 5 heteroatoms. The van der Waals surface area contributed by atoms with E-state index in [2.05, 4.69) is 15.0 Å². The summed E-state index contributed by atoms with van der Waals surface area (Å²) in [6, 6.07) is 9.48. The summed E-state index contributed by atoms with van der Waals surface area (Å²) in [5.41, 5.74) is 7.55. The zero-order valence-electron chi connectivity index (χ0n) is 9.45. The van der Waals surface area contributed by atoms with E-state index in [0.717, 1.165) is 21.5 Å². The first-order valence-corrected chi connectivity index (χ1v) is 6.24. The molecule has 2 aromatic heterocycles. The third-order valence-electron chi connectivity index (χ3n) is 2.51. The van der Waals surface area contributed by atoms with Gasteiger partial charge >= 0.3 is 0 Å². The summed E-state index contributed by atoms with van der Waals surface area (Å²) < 4.78 is 0. The Morgan fingerprint density at radius 3 is 2.50 bits per heavy atom. The van der Waals surface area contributed by atoms with Gasteiger partial charge in [-0.05, 0) is 42.1 Å². The number of rotatable bonds is 2. The highest BCUT2D eigenvalue weighted by Gasteiger charge is 2.07. The minimum absolute atomic E-state index is 0.703. The van der Waals surface area contributed by atoms with Crippen molar-refractivity contribution in [1.29, 1.82) is 0 Å². The van der Waals surface area contributed by atoms with Crippen LogP contribution in [0.1, 0.15) is 0 Å². The molecule has 0 aliphatic heterocycles. The average Bonchev–Trinajstić information content (AvgIpc) is 2.44. The maximum atomic E-state index is 5.94. The topological polar surface area (TPSA) is 64.7 Å². The van der Waals surface area contributed by atoms with Crippen molar-refractivity contribution in [2.24, 2.45) is 0 Å². The van der Waals surface area contributed by atoms with Crippen molar-refractivity contribution in [1.82, 2.24) is 15.0 Å². The molecule has 0 unspecified atom stereocenters. The number of aromatic nitrogens is 3. The number of nitrogens with zero attached hydrogens (tertiary/aromatic N) is 3. The van der Waals surface area contributed by atoms with Crippen molar-refractivity contribution >= 4 is 28.4 Å². The van der Waals surface area contributed by atoms with Gasteiger partial charge in [-0.3, -0.25) is 4.98 Å². The van der Waals surface area contributed by atoms with Gasteiger partial charge in [-0.1, -0.05) is 0 Å². The Morgan fingerprint density at radius 2 is 1.67 bits per heavy atom. The second kappa shape index (κ2) is 4.62. The van der Waals surface area contributed by atoms with E-state index in [4.69, 9.17) is 5.73 Å². The first-order chi connectivity index (χ1) is 8.84. The van der Waals surface area contributed by atoms with E-state index in [1.165, 1.54) is 11.8 Å². The number of nitrogens with two attached hydrogens (primary N) is 1. The molecule has 1 aromatic carbocycles. The summed E-state index contributed by atoms with van der Waals surface area (Å²) in [5, 5.41) is 1.66. The molecular weight excluding hydrogens is 244 g/mol. The van der Waals surface area contributed by atoms with Crippen molar-refractivity contribution in [3.8, 4) is 0 Å². The quantitative estimate of drug-likeness (QED) is 0.562. The molecule has 18 heavy (non-hydrogen) atoms. The minimum Gasteiger partial charge on any atom is -0.398 e. The summed E-state index contributed by atoms with van der Waals surface area (Å²) in [6.45, 7) is 0. The molecule has 2 N–H and O–H groups in total. The second-order valence-corrected chi connectivity index (χ2v) is 4.70. The second-order valence-electron chi connectivity index (χ2n) is 3.69. The molecule has 3 aromatic rings. The summed E-state index contributed by atoms with van der Waals surface area (Å²) >= 11 is 1.49. The predicted molar refractivity (Wildman–Crippen MR) is 72.3 cm³/mol. The van der Waals surface area contributed by atoms with Gasteiger partial charge in [0, 0.05) is 34.6 Å². The Hall–Kier alpha value is -2.14. The van der Waals surface area contributed by atoms with Gasteiger partial charge in [0.2, 0.25) is 0 Å². The molecule has 0 amide bonds. The van der Waals surface area contributed by atoms with Crippen LogP contribution in [0.2, 0.25) is 0 Å². The molecule has 0 aliphatic carbocycles. The van der Waals surface area contributed by atoms with Crippen LogP contribution in [0.15, 0.2) is 59.0 Å². The number of fused-ring (bicyclic) bond motifs is 1. The fraction of sp³-hybridized carbons (Fsp3) is 0. The summed E-state index contributed by atoms with van der Waals surface area (Å²) in [6.07, 6.45) is 5.21. The van der Waals surface area contributed by atoms with E-state index in [1.54, 1.807) is 24.7 Å². The summed E-state index contributed by atoms with van der Waals surface area (Å²) in [5.74, 6) is 0. The first kappa shape index (κ1) is 11.0. The highest BCUT2D eigenvalue weighted by atomic mass is 32.2. The van der Waals surface area contributed by atoms with E-state index in [1.807, 2.05) is 24.3 Å². The van der Waals surface area contributed by atoms with E-state index in [9.17, 15) is 0 Å². The molecular formula is C13H10N4S. The Kier molecular flexibility index (Phi) is 2.82. The van der Waals surface area contributed by atoms with Crippen molar-refractivity contribution < 1.29 is 0 Å². The monoisotopic (exact) mass is 254 g/mol. The molecule has 3 rings (SSSR count). The van der Waals surface area contributed by atoms with Crippen LogP contribution in [0.3, 0.4) is 0 Å². The SMILES string of the molecule is Nc1ccc(Sc2ncccn2)c2ncccc12. The van der Waals surface area contributed by atoms with Gasteiger partial charge < -0.3 is 5.73 Å². The number of hydrogen-bond donors (Lipinski definition) is 1. The maximum Gasteiger partial charge on any atom is 0.192 e. The lowest BCUT2D eigenvalue weighted by Crippen LogP contribution is -1.91. The van der Waals surface area contributed by atoms with Crippen LogP contribution in [-0.2, 0) is 0 Å². The van der Waals surface area contributed by atoms with Gasteiger partial charge in [-0.2, -0.15) is 0 Å². The first-order valence-electron chi connectivity index (χ1n) is 5.43. The number of pyridine rings is 1. The molecule has 0 bridgehead atoms. The normalized spacial score (nSPS) is 10.7. The lowest BCUT2D eigenvalue weighted by molar-refractivity contribution is 0.967. The molecule has 0 radical (unpaired) electrons. The Bertz CT molecular complexity index is 685. The lowest BCUT2D eigenvalue weighted by atomic mass is 10.2. The largest absolute Gasteiger partial charge is 0.398 e. The standard InChI is InChI=1S/C13H10N4S/c14-10-4-5-11(12-9(10)3-1-6-15-12)18-13-16-7-2-8-17-13/h1-8H,14H2. The van der Waals surface area contributed by atoms with Crippen LogP contribution in [0.25, 0.3) is 10.9 Å². The third kappa shape index (κ3) is 2.00. The molecule has 0 saturated heterocycles. The van der Waals surface area contributed by atoms with E-state index in [0.29, 0.717) is 5.16 Å². The molecule has 88 valence electrons. The number of nitrogen functional groups attached to an aromatic ring is 1. The van der Waals surface area contributed by atoms with Crippen molar-refractivity contribution in [3.05, 3.63) is 48.9 Å². The fourth-order valence-corrected chi connectivity index (χ4v) is 2.51. The van der Waals surface area contributed by atoms with Crippen LogP contribution in [0, 0.1) is 0 Å². The molecule has 2 heterocycles. The van der Waals surface area contributed by atoms with Crippen molar-refractivity contribution in [3.63, 3.8) is 0 Å². The highest BCUT2D eigenvalue weighted by molar-refractivity contribution is 7.99. The van der Waals surface area contributed by atoms with Gasteiger partial charge in [0.1, 0.15) is 0 Å². The molecule has 4 nitrogen and oxygen atoms in total. The Morgan fingerprint density at radius 1 is 0.889 bits per heavy atom. The third-order valence-corrected chi connectivity index (χ3v) is 3.45. The summed E-state index contributed by atoms with van der Waals surface area (Å²) in [7, 11) is 0. The van der Waals surface area contributed by atoms with Crippen LogP contribution < -0.4 is 5.73 Å². The zero-order valence-corrected chi connectivity index (χ0v) is 10.3. The van der Waals surface area contributed by atoms with E-state index < -0.39 is 0 Å². The average molecular weight is 254 g/mol. The lowest BCUT2D eigenvalue weighted by Gasteiger charge is -2.06. The van der Waals surface area contributed by atoms with Gasteiger partial charge in [0.25, 0.3) is 0 Å². The Labute approximate surface area is 108 Å². The molecule has 0 saturated carbocycles. The van der Waals surface area contributed by atoms with E-state index in [-0.39, 0.29) is 0 Å².